The monoisotopic (exact) mass is 429 g/mol. The molecular formula is C22H27N3O4S. The van der Waals surface area contributed by atoms with Gasteiger partial charge < -0.3 is 9.47 Å². The topological polar surface area (TPSA) is 73.7 Å². The first-order valence-electron chi connectivity index (χ1n) is 9.76. The predicted molar refractivity (Wildman–Crippen MR) is 115 cm³/mol. The van der Waals surface area contributed by atoms with Crippen LogP contribution in [0.25, 0.3) is 0 Å². The largest absolute Gasteiger partial charge is 0.493 e. The lowest BCUT2D eigenvalue weighted by Crippen LogP contribution is -2.33. The van der Waals surface area contributed by atoms with Gasteiger partial charge >= 0.3 is 0 Å². The molecule has 1 aromatic heterocycles. The number of rotatable bonds is 10. The van der Waals surface area contributed by atoms with Gasteiger partial charge in [-0.25, -0.2) is 8.42 Å². The minimum Gasteiger partial charge on any atom is -0.493 e. The second-order valence-corrected chi connectivity index (χ2v) is 8.67. The predicted octanol–water partition coefficient (Wildman–Crippen LogP) is 3.35. The van der Waals surface area contributed by atoms with E-state index in [-0.39, 0.29) is 11.4 Å². The number of aryl methyl sites for hydroxylation is 1. The smallest absolute Gasteiger partial charge is 0.243 e. The van der Waals surface area contributed by atoms with Gasteiger partial charge in [-0.2, -0.15) is 9.40 Å². The number of hydrogen-bond donors (Lipinski definition) is 0. The van der Waals surface area contributed by atoms with E-state index in [9.17, 15) is 8.42 Å². The van der Waals surface area contributed by atoms with Crippen LogP contribution in [0.4, 0.5) is 0 Å². The first-order valence-corrected chi connectivity index (χ1v) is 11.2. The van der Waals surface area contributed by atoms with Crippen molar-refractivity contribution in [3.63, 3.8) is 0 Å². The number of sulfonamides is 1. The Hall–Kier alpha value is -2.84. The van der Waals surface area contributed by atoms with Gasteiger partial charge in [-0.05, 0) is 49.2 Å². The molecule has 7 nitrogen and oxygen atoms in total. The standard InChI is InChI=1S/C22H27N3O4S/c1-4-25-19(12-14-23-25)17-24(30(26,27)20-8-6-5-7-9-20)15-13-18-10-11-21(28-2)22(16-18)29-3/h5-12,14,16H,4,13,15,17H2,1-3H3. The lowest BCUT2D eigenvalue weighted by Gasteiger charge is -2.23. The van der Waals surface area contributed by atoms with Crippen LogP contribution in [0, 0.1) is 0 Å². The fourth-order valence-corrected chi connectivity index (χ4v) is 4.71. The molecule has 3 rings (SSSR count). The van der Waals surface area contributed by atoms with Crippen molar-refractivity contribution in [2.24, 2.45) is 0 Å². The van der Waals surface area contributed by atoms with E-state index in [0.717, 1.165) is 11.3 Å². The maximum atomic E-state index is 13.4. The van der Waals surface area contributed by atoms with Crippen LogP contribution >= 0.6 is 0 Å². The second kappa shape index (κ2) is 9.77. The second-order valence-electron chi connectivity index (χ2n) is 6.73. The van der Waals surface area contributed by atoms with Crippen LogP contribution in [0.2, 0.25) is 0 Å². The lowest BCUT2D eigenvalue weighted by molar-refractivity contribution is 0.354. The zero-order chi connectivity index (χ0) is 21.6. The van der Waals surface area contributed by atoms with Gasteiger partial charge in [-0.15, -0.1) is 0 Å². The minimum atomic E-state index is -3.66. The van der Waals surface area contributed by atoms with E-state index in [4.69, 9.17) is 9.47 Å². The van der Waals surface area contributed by atoms with Crippen LogP contribution in [0.3, 0.4) is 0 Å². The summed E-state index contributed by atoms with van der Waals surface area (Å²) >= 11 is 0. The van der Waals surface area contributed by atoms with Gasteiger partial charge in [0.2, 0.25) is 10.0 Å². The van der Waals surface area contributed by atoms with E-state index in [0.29, 0.717) is 31.0 Å². The Morgan fingerprint density at radius 3 is 2.40 bits per heavy atom. The number of hydrogen-bond acceptors (Lipinski definition) is 5. The SMILES string of the molecule is CCn1nccc1CN(CCc1ccc(OC)c(OC)c1)S(=O)(=O)c1ccccc1. The van der Waals surface area contributed by atoms with Crippen molar-refractivity contribution in [2.45, 2.75) is 31.3 Å². The molecule has 1 heterocycles. The molecule has 2 aromatic carbocycles. The summed E-state index contributed by atoms with van der Waals surface area (Å²) in [5, 5.41) is 4.27. The van der Waals surface area contributed by atoms with Crippen molar-refractivity contribution in [2.75, 3.05) is 20.8 Å². The Kier molecular flexibility index (Phi) is 7.12. The maximum absolute atomic E-state index is 13.4. The summed E-state index contributed by atoms with van der Waals surface area (Å²) in [7, 11) is -0.496. The van der Waals surface area contributed by atoms with Crippen molar-refractivity contribution >= 4 is 10.0 Å². The molecule has 0 amide bonds. The van der Waals surface area contributed by atoms with Gasteiger partial charge in [0, 0.05) is 19.3 Å². The number of ether oxygens (including phenoxy) is 2. The van der Waals surface area contributed by atoms with E-state index >= 15 is 0 Å². The molecular weight excluding hydrogens is 402 g/mol. The van der Waals surface area contributed by atoms with Gasteiger partial charge in [0.1, 0.15) is 0 Å². The van der Waals surface area contributed by atoms with Crippen LogP contribution in [-0.2, 0) is 29.5 Å². The molecule has 8 heteroatoms. The highest BCUT2D eigenvalue weighted by Crippen LogP contribution is 2.28. The van der Waals surface area contributed by atoms with Crippen molar-refractivity contribution in [3.8, 4) is 11.5 Å². The Balaban J connectivity index is 1.88. The number of methoxy groups -OCH3 is 2. The molecule has 0 saturated heterocycles. The molecule has 0 spiro atoms. The average molecular weight is 430 g/mol. The molecule has 0 fully saturated rings. The Bertz CT molecular complexity index is 1060. The minimum absolute atomic E-state index is 0.248. The fourth-order valence-electron chi connectivity index (χ4n) is 3.28. The summed E-state index contributed by atoms with van der Waals surface area (Å²) in [4.78, 5) is 0.278. The molecule has 0 radical (unpaired) electrons. The first kappa shape index (κ1) is 21.9. The summed E-state index contributed by atoms with van der Waals surface area (Å²) in [6.07, 6.45) is 2.23. The van der Waals surface area contributed by atoms with Gasteiger partial charge in [-0.1, -0.05) is 24.3 Å². The molecule has 0 unspecified atom stereocenters. The molecule has 0 aliphatic carbocycles. The van der Waals surface area contributed by atoms with Gasteiger partial charge in [-0.3, -0.25) is 4.68 Å². The first-order chi connectivity index (χ1) is 14.5. The van der Waals surface area contributed by atoms with Crippen LogP contribution < -0.4 is 9.47 Å². The van der Waals surface area contributed by atoms with Crippen molar-refractivity contribution in [1.29, 1.82) is 0 Å². The lowest BCUT2D eigenvalue weighted by atomic mass is 10.1. The van der Waals surface area contributed by atoms with E-state index in [1.165, 1.54) is 4.31 Å². The van der Waals surface area contributed by atoms with E-state index in [2.05, 4.69) is 5.10 Å². The van der Waals surface area contributed by atoms with E-state index < -0.39 is 10.0 Å². The zero-order valence-electron chi connectivity index (χ0n) is 17.5. The number of nitrogens with zero attached hydrogens (tertiary/aromatic N) is 3. The highest BCUT2D eigenvalue weighted by Gasteiger charge is 2.25. The fraction of sp³-hybridized carbons (Fsp3) is 0.318. The van der Waals surface area contributed by atoms with Gasteiger partial charge in [0.25, 0.3) is 0 Å². The Labute approximate surface area is 177 Å². The molecule has 0 aliphatic rings. The summed E-state index contributed by atoms with van der Waals surface area (Å²) < 4.78 is 40.7. The highest BCUT2D eigenvalue weighted by molar-refractivity contribution is 7.89. The van der Waals surface area contributed by atoms with Gasteiger partial charge in [0.15, 0.2) is 11.5 Å². The Morgan fingerprint density at radius 1 is 1.00 bits per heavy atom. The zero-order valence-corrected chi connectivity index (χ0v) is 18.3. The van der Waals surface area contributed by atoms with Crippen LogP contribution in [0.15, 0.2) is 65.7 Å². The summed E-state index contributed by atoms with van der Waals surface area (Å²) in [5.74, 6) is 1.26. The van der Waals surface area contributed by atoms with Gasteiger partial charge in [0.05, 0.1) is 31.4 Å². The average Bonchev–Trinajstić information content (AvgIpc) is 3.24. The summed E-state index contributed by atoms with van der Waals surface area (Å²) in [6.45, 7) is 3.23. The van der Waals surface area contributed by atoms with E-state index in [1.54, 1.807) is 50.7 Å². The molecule has 0 bridgehead atoms. The van der Waals surface area contributed by atoms with Crippen molar-refractivity contribution in [1.82, 2.24) is 14.1 Å². The molecule has 0 saturated carbocycles. The molecule has 0 atom stereocenters. The molecule has 160 valence electrons. The summed E-state index contributed by atoms with van der Waals surface area (Å²) in [6, 6.07) is 16.0. The number of benzene rings is 2. The third kappa shape index (κ3) is 4.83. The number of aromatic nitrogens is 2. The van der Waals surface area contributed by atoms with E-state index in [1.807, 2.05) is 35.9 Å². The molecule has 3 aromatic rings. The van der Waals surface area contributed by atoms with Crippen molar-refractivity contribution < 1.29 is 17.9 Å². The maximum Gasteiger partial charge on any atom is 0.243 e. The quantitative estimate of drug-likeness (QED) is 0.494. The van der Waals surface area contributed by atoms with Crippen LogP contribution in [0.1, 0.15) is 18.2 Å². The Morgan fingerprint density at radius 2 is 1.73 bits per heavy atom. The van der Waals surface area contributed by atoms with Crippen LogP contribution in [0.5, 0.6) is 11.5 Å². The molecule has 30 heavy (non-hydrogen) atoms. The van der Waals surface area contributed by atoms with Crippen LogP contribution in [-0.4, -0.2) is 43.3 Å². The third-order valence-corrected chi connectivity index (χ3v) is 6.78. The third-order valence-electron chi connectivity index (χ3n) is 4.92. The normalized spacial score (nSPS) is 11.6. The van der Waals surface area contributed by atoms with Crippen molar-refractivity contribution in [3.05, 3.63) is 72.1 Å². The molecule has 0 aliphatic heterocycles. The molecule has 0 N–H and O–H groups in total. The highest BCUT2D eigenvalue weighted by atomic mass is 32.2. The summed E-state index contributed by atoms with van der Waals surface area (Å²) in [5.41, 5.74) is 1.81.